The van der Waals surface area contributed by atoms with Crippen LogP contribution in [-0.4, -0.2) is 28.0 Å². The van der Waals surface area contributed by atoms with Crippen LogP contribution < -0.4 is 0 Å². The number of pyridine rings is 1. The molecule has 1 aromatic rings. The van der Waals surface area contributed by atoms with Gasteiger partial charge in [-0.3, -0.25) is 14.0 Å². The summed E-state index contributed by atoms with van der Waals surface area (Å²) in [6, 6.07) is 3.76. The van der Waals surface area contributed by atoms with E-state index in [9.17, 15) is 9.00 Å². The number of hydrogen-bond acceptors (Lipinski definition) is 4. The predicted octanol–water partition coefficient (Wildman–Crippen LogP) is 1.67. The van der Waals surface area contributed by atoms with Crippen LogP contribution in [0.25, 0.3) is 0 Å². The molecular weight excluding hydrogens is 250 g/mol. The number of aromatic nitrogens is 1. The summed E-state index contributed by atoms with van der Waals surface area (Å²) in [5, 5.41) is 0. The van der Waals surface area contributed by atoms with Crippen molar-refractivity contribution >= 4 is 16.8 Å². The molecule has 5 heteroatoms. The van der Waals surface area contributed by atoms with Gasteiger partial charge in [-0.15, -0.1) is 0 Å². The summed E-state index contributed by atoms with van der Waals surface area (Å²) in [5.41, 5.74) is 0.907. The molecule has 2 rings (SSSR count). The summed E-state index contributed by atoms with van der Waals surface area (Å²) in [4.78, 5) is 15.3. The van der Waals surface area contributed by atoms with Crippen LogP contribution in [0.15, 0.2) is 24.5 Å². The van der Waals surface area contributed by atoms with Crippen molar-refractivity contribution in [3.63, 3.8) is 0 Å². The molecule has 1 aromatic heterocycles. The molecule has 0 aromatic carbocycles. The zero-order valence-electron chi connectivity index (χ0n) is 10.4. The van der Waals surface area contributed by atoms with Crippen molar-refractivity contribution in [2.24, 2.45) is 5.41 Å². The number of ether oxygens (including phenoxy) is 1. The van der Waals surface area contributed by atoms with Gasteiger partial charge in [0.25, 0.3) is 0 Å². The molecule has 1 aliphatic rings. The van der Waals surface area contributed by atoms with Gasteiger partial charge in [-0.1, -0.05) is 6.07 Å². The van der Waals surface area contributed by atoms with Crippen LogP contribution >= 0.6 is 0 Å². The SMILES string of the molecule is COC(=O)CC1(CS(=O)Cc2cccnc2)CC1. The second-order valence-corrected chi connectivity index (χ2v) is 6.30. The third-order valence-corrected chi connectivity index (χ3v) is 4.81. The van der Waals surface area contributed by atoms with E-state index in [0.29, 0.717) is 17.9 Å². The lowest BCUT2D eigenvalue weighted by Crippen LogP contribution is -2.18. The molecule has 98 valence electrons. The lowest BCUT2D eigenvalue weighted by molar-refractivity contribution is -0.141. The molecule has 1 fully saturated rings. The fourth-order valence-electron chi connectivity index (χ4n) is 1.99. The molecule has 1 heterocycles. The highest BCUT2D eigenvalue weighted by Crippen LogP contribution is 2.49. The van der Waals surface area contributed by atoms with Crippen LogP contribution in [0.5, 0.6) is 0 Å². The van der Waals surface area contributed by atoms with E-state index in [1.54, 1.807) is 12.4 Å². The van der Waals surface area contributed by atoms with E-state index in [1.165, 1.54) is 7.11 Å². The van der Waals surface area contributed by atoms with Gasteiger partial charge < -0.3 is 4.74 Å². The summed E-state index contributed by atoms with van der Waals surface area (Å²) in [7, 11) is 0.450. The summed E-state index contributed by atoms with van der Waals surface area (Å²) >= 11 is 0. The van der Waals surface area contributed by atoms with Crippen molar-refractivity contribution < 1.29 is 13.7 Å². The normalized spacial score (nSPS) is 18.1. The lowest BCUT2D eigenvalue weighted by Gasteiger charge is -2.12. The number of nitrogens with zero attached hydrogens (tertiary/aromatic N) is 1. The van der Waals surface area contributed by atoms with E-state index in [0.717, 1.165) is 18.4 Å². The Hall–Kier alpha value is -1.23. The van der Waals surface area contributed by atoms with E-state index < -0.39 is 10.8 Å². The Labute approximate surface area is 109 Å². The third-order valence-electron chi connectivity index (χ3n) is 3.22. The maximum atomic E-state index is 12.1. The maximum absolute atomic E-state index is 12.1. The fourth-order valence-corrected chi connectivity index (χ4v) is 3.71. The highest BCUT2D eigenvalue weighted by molar-refractivity contribution is 7.84. The van der Waals surface area contributed by atoms with Gasteiger partial charge in [-0.25, -0.2) is 0 Å². The molecule has 18 heavy (non-hydrogen) atoms. The first-order chi connectivity index (χ1) is 8.63. The Morgan fingerprint density at radius 3 is 2.89 bits per heavy atom. The van der Waals surface area contributed by atoms with Crippen LogP contribution in [0.2, 0.25) is 0 Å². The highest BCUT2D eigenvalue weighted by Gasteiger charge is 2.45. The number of rotatable bonds is 6. The quantitative estimate of drug-likeness (QED) is 0.736. The Bertz CT molecular complexity index is 443. The molecule has 0 radical (unpaired) electrons. The van der Waals surface area contributed by atoms with Crippen molar-refractivity contribution in [1.29, 1.82) is 0 Å². The van der Waals surface area contributed by atoms with Gasteiger partial charge in [0, 0.05) is 28.9 Å². The number of methoxy groups -OCH3 is 1. The van der Waals surface area contributed by atoms with Crippen molar-refractivity contribution in [3.8, 4) is 0 Å². The van der Waals surface area contributed by atoms with Crippen LogP contribution in [-0.2, 0) is 26.1 Å². The molecule has 4 nitrogen and oxygen atoms in total. The van der Waals surface area contributed by atoms with Gasteiger partial charge in [0.15, 0.2) is 0 Å². The van der Waals surface area contributed by atoms with Crippen molar-refractivity contribution in [1.82, 2.24) is 4.98 Å². The van der Waals surface area contributed by atoms with E-state index in [4.69, 9.17) is 0 Å². The van der Waals surface area contributed by atoms with Gasteiger partial charge >= 0.3 is 5.97 Å². The number of carbonyl (C=O) groups is 1. The van der Waals surface area contributed by atoms with Crippen LogP contribution in [0.1, 0.15) is 24.8 Å². The first-order valence-corrected chi connectivity index (χ1v) is 7.43. The van der Waals surface area contributed by atoms with Gasteiger partial charge in [0.05, 0.1) is 19.3 Å². The summed E-state index contributed by atoms with van der Waals surface area (Å²) in [6.45, 7) is 0. The zero-order chi connectivity index (χ0) is 13.0. The van der Waals surface area contributed by atoms with Crippen LogP contribution in [0, 0.1) is 5.41 Å². The monoisotopic (exact) mass is 267 g/mol. The minimum absolute atomic E-state index is 0.0693. The van der Waals surface area contributed by atoms with Crippen molar-refractivity contribution in [3.05, 3.63) is 30.1 Å². The molecule has 0 N–H and O–H groups in total. The maximum Gasteiger partial charge on any atom is 0.306 e. The second-order valence-electron chi connectivity index (χ2n) is 4.84. The van der Waals surface area contributed by atoms with E-state index in [1.807, 2.05) is 12.1 Å². The number of carbonyl (C=O) groups excluding carboxylic acids is 1. The molecule has 0 aliphatic heterocycles. The summed E-state index contributed by atoms with van der Waals surface area (Å²) in [5.74, 6) is 0.888. The Kier molecular flexibility index (Phi) is 4.11. The minimum Gasteiger partial charge on any atom is -0.469 e. The molecule has 1 atom stereocenters. The molecule has 0 saturated heterocycles. The van der Waals surface area contributed by atoms with Crippen LogP contribution in [0.3, 0.4) is 0 Å². The Balaban J connectivity index is 1.86. The first kappa shape index (κ1) is 13.2. The molecule has 0 amide bonds. The molecule has 1 unspecified atom stereocenters. The largest absolute Gasteiger partial charge is 0.469 e. The fraction of sp³-hybridized carbons (Fsp3) is 0.538. The summed E-state index contributed by atoms with van der Waals surface area (Å²) in [6.07, 6.45) is 5.77. The predicted molar refractivity (Wildman–Crippen MR) is 69.3 cm³/mol. The Morgan fingerprint density at radius 2 is 2.33 bits per heavy atom. The van der Waals surface area contributed by atoms with Gasteiger partial charge in [-0.05, 0) is 29.9 Å². The van der Waals surface area contributed by atoms with Crippen molar-refractivity contribution in [2.75, 3.05) is 12.9 Å². The first-order valence-electron chi connectivity index (χ1n) is 5.94. The molecule has 1 saturated carbocycles. The number of hydrogen-bond donors (Lipinski definition) is 0. The smallest absolute Gasteiger partial charge is 0.306 e. The average Bonchev–Trinajstić information content (AvgIpc) is 3.09. The lowest BCUT2D eigenvalue weighted by atomic mass is 10.1. The standard InChI is InChI=1S/C13H17NO3S/c1-17-12(15)7-13(4-5-13)10-18(16)9-11-3-2-6-14-8-11/h2-3,6,8H,4-5,7,9-10H2,1H3. The van der Waals surface area contributed by atoms with Crippen molar-refractivity contribution in [2.45, 2.75) is 25.0 Å². The zero-order valence-corrected chi connectivity index (χ0v) is 11.2. The molecule has 0 spiro atoms. The van der Waals surface area contributed by atoms with Gasteiger partial charge in [-0.2, -0.15) is 0 Å². The van der Waals surface area contributed by atoms with Crippen LogP contribution in [0.4, 0.5) is 0 Å². The molecular formula is C13H17NO3S. The second kappa shape index (κ2) is 5.61. The molecule has 1 aliphatic carbocycles. The topological polar surface area (TPSA) is 56.3 Å². The molecule has 0 bridgehead atoms. The van der Waals surface area contributed by atoms with E-state index >= 15 is 0 Å². The highest BCUT2D eigenvalue weighted by atomic mass is 32.2. The minimum atomic E-state index is -0.944. The summed E-state index contributed by atoms with van der Waals surface area (Å²) < 4.78 is 16.7. The third kappa shape index (κ3) is 3.63. The van der Waals surface area contributed by atoms with E-state index in [-0.39, 0.29) is 11.4 Å². The average molecular weight is 267 g/mol. The van der Waals surface area contributed by atoms with Gasteiger partial charge in [0.1, 0.15) is 0 Å². The number of esters is 1. The van der Waals surface area contributed by atoms with E-state index in [2.05, 4.69) is 9.72 Å². The Morgan fingerprint density at radius 1 is 1.56 bits per heavy atom. The van der Waals surface area contributed by atoms with Gasteiger partial charge in [0.2, 0.25) is 0 Å².